The highest BCUT2D eigenvalue weighted by Crippen LogP contribution is 2.32. The lowest BCUT2D eigenvalue weighted by Crippen LogP contribution is -2.28. The average Bonchev–Trinajstić information content (AvgIpc) is 2.81. The summed E-state index contributed by atoms with van der Waals surface area (Å²) in [4.78, 5) is 14.7. The monoisotopic (exact) mass is 398 g/mol. The first kappa shape index (κ1) is 21.0. The molecule has 29 heavy (non-hydrogen) atoms. The Morgan fingerprint density at radius 2 is 1.97 bits per heavy atom. The fourth-order valence-electron chi connectivity index (χ4n) is 3.62. The molecular weight excluding hydrogens is 368 g/mol. The third kappa shape index (κ3) is 5.41. The van der Waals surface area contributed by atoms with Gasteiger partial charge in [0.15, 0.2) is 11.5 Å². The van der Waals surface area contributed by atoms with Crippen LogP contribution in [0.15, 0.2) is 42.5 Å². The van der Waals surface area contributed by atoms with Crippen LogP contribution in [0.25, 0.3) is 0 Å². The second-order valence-electron chi connectivity index (χ2n) is 7.32. The Kier molecular flexibility index (Phi) is 7.36. The summed E-state index contributed by atoms with van der Waals surface area (Å²) in [7, 11) is 3.63. The summed E-state index contributed by atoms with van der Waals surface area (Å²) < 4.78 is 10.9. The molecule has 2 aromatic rings. The van der Waals surface area contributed by atoms with Crippen LogP contribution in [-0.2, 0) is 0 Å². The van der Waals surface area contributed by atoms with Crippen LogP contribution in [0.4, 0.5) is 5.69 Å². The second kappa shape index (κ2) is 10.2. The zero-order valence-corrected chi connectivity index (χ0v) is 17.2. The van der Waals surface area contributed by atoms with Crippen molar-refractivity contribution in [1.29, 1.82) is 0 Å². The van der Waals surface area contributed by atoms with Gasteiger partial charge in [-0.25, -0.2) is 0 Å². The van der Waals surface area contributed by atoms with Gasteiger partial charge in [-0.05, 0) is 43.2 Å². The third-order valence-electron chi connectivity index (χ3n) is 5.25. The summed E-state index contributed by atoms with van der Waals surface area (Å²) in [5.74, 6) is 1.13. The molecule has 1 atom stereocenters. The SMILES string of the molecule is COc1ccccc1OCCNC(=O)c1ccc2c(c1)C(O)CCCCCN2C. The van der Waals surface area contributed by atoms with E-state index in [1.165, 1.54) is 0 Å². The number of hydrogen-bond acceptors (Lipinski definition) is 5. The smallest absolute Gasteiger partial charge is 0.251 e. The Morgan fingerprint density at radius 3 is 2.76 bits per heavy atom. The lowest BCUT2D eigenvalue weighted by Gasteiger charge is -2.24. The van der Waals surface area contributed by atoms with Crippen molar-refractivity contribution in [3.63, 3.8) is 0 Å². The molecule has 1 aliphatic heterocycles. The molecule has 2 aromatic carbocycles. The molecule has 0 saturated carbocycles. The predicted molar refractivity (Wildman–Crippen MR) is 114 cm³/mol. The van der Waals surface area contributed by atoms with Gasteiger partial charge in [-0.15, -0.1) is 0 Å². The van der Waals surface area contributed by atoms with Crippen molar-refractivity contribution in [3.8, 4) is 11.5 Å². The number of carbonyl (C=O) groups excluding carboxylic acids is 1. The summed E-state index contributed by atoms with van der Waals surface area (Å²) >= 11 is 0. The van der Waals surface area contributed by atoms with Crippen molar-refractivity contribution in [2.24, 2.45) is 0 Å². The van der Waals surface area contributed by atoms with Crippen molar-refractivity contribution in [3.05, 3.63) is 53.6 Å². The van der Waals surface area contributed by atoms with Crippen LogP contribution < -0.4 is 19.7 Å². The second-order valence-corrected chi connectivity index (χ2v) is 7.32. The van der Waals surface area contributed by atoms with E-state index in [9.17, 15) is 9.90 Å². The van der Waals surface area contributed by atoms with Gasteiger partial charge in [-0.1, -0.05) is 25.0 Å². The zero-order chi connectivity index (χ0) is 20.6. The van der Waals surface area contributed by atoms with Crippen LogP contribution in [0, 0.1) is 0 Å². The highest BCUT2D eigenvalue weighted by molar-refractivity contribution is 5.95. The van der Waals surface area contributed by atoms with E-state index in [0.29, 0.717) is 30.2 Å². The topological polar surface area (TPSA) is 71.0 Å². The summed E-state index contributed by atoms with van der Waals surface area (Å²) in [6.45, 7) is 1.66. The van der Waals surface area contributed by atoms with Gasteiger partial charge < -0.3 is 24.8 Å². The molecule has 156 valence electrons. The van der Waals surface area contributed by atoms with Gasteiger partial charge in [0.05, 0.1) is 19.8 Å². The summed E-state index contributed by atoms with van der Waals surface area (Å²) in [6.07, 6.45) is 3.38. The van der Waals surface area contributed by atoms with Gasteiger partial charge in [-0.3, -0.25) is 4.79 Å². The first-order chi connectivity index (χ1) is 14.1. The van der Waals surface area contributed by atoms with Gasteiger partial charge in [0.2, 0.25) is 0 Å². The maximum absolute atomic E-state index is 12.6. The van der Waals surface area contributed by atoms with Crippen LogP contribution in [0.3, 0.4) is 0 Å². The van der Waals surface area contributed by atoms with E-state index >= 15 is 0 Å². The number of benzene rings is 2. The van der Waals surface area contributed by atoms with E-state index in [0.717, 1.165) is 43.5 Å². The van der Waals surface area contributed by atoms with Gasteiger partial charge in [0.1, 0.15) is 6.61 Å². The maximum Gasteiger partial charge on any atom is 0.251 e. The molecule has 1 heterocycles. The lowest BCUT2D eigenvalue weighted by atomic mass is 9.99. The number of aliphatic hydroxyl groups is 1. The Hall–Kier alpha value is -2.73. The molecule has 0 aliphatic carbocycles. The number of nitrogens with zero attached hydrogens (tertiary/aromatic N) is 1. The van der Waals surface area contributed by atoms with Crippen LogP contribution in [-0.4, -0.2) is 44.9 Å². The standard InChI is InChI=1S/C23H30N2O4/c1-25-14-7-3-4-8-20(26)18-16-17(11-12-19(18)25)23(27)24-13-15-29-22-10-6-5-9-21(22)28-2/h5-6,9-12,16,20,26H,3-4,7-8,13-15H2,1-2H3,(H,24,27). The molecule has 1 amide bonds. The number of carbonyl (C=O) groups is 1. The Balaban J connectivity index is 1.61. The minimum Gasteiger partial charge on any atom is -0.493 e. The first-order valence-electron chi connectivity index (χ1n) is 10.2. The molecule has 1 unspecified atom stereocenters. The van der Waals surface area contributed by atoms with Crippen LogP contribution in [0.2, 0.25) is 0 Å². The van der Waals surface area contributed by atoms with E-state index in [-0.39, 0.29) is 5.91 Å². The zero-order valence-electron chi connectivity index (χ0n) is 17.2. The molecule has 6 nitrogen and oxygen atoms in total. The largest absolute Gasteiger partial charge is 0.493 e. The fraction of sp³-hybridized carbons (Fsp3) is 0.435. The Labute approximate surface area is 172 Å². The highest BCUT2D eigenvalue weighted by Gasteiger charge is 2.19. The average molecular weight is 399 g/mol. The molecule has 0 bridgehead atoms. The third-order valence-corrected chi connectivity index (χ3v) is 5.25. The molecule has 0 fully saturated rings. The van der Waals surface area contributed by atoms with E-state index < -0.39 is 6.10 Å². The normalized spacial score (nSPS) is 16.8. The number of anilines is 1. The van der Waals surface area contributed by atoms with Gasteiger partial charge >= 0.3 is 0 Å². The molecule has 0 saturated heterocycles. The first-order valence-corrected chi connectivity index (χ1v) is 10.2. The van der Waals surface area contributed by atoms with E-state index in [4.69, 9.17) is 9.47 Å². The molecule has 0 spiro atoms. The quantitative estimate of drug-likeness (QED) is 0.728. The summed E-state index contributed by atoms with van der Waals surface area (Å²) in [6, 6.07) is 13.0. The number of hydrogen-bond donors (Lipinski definition) is 2. The highest BCUT2D eigenvalue weighted by atomic mass is 16.5. The van der Waals surface area contributed by atoms with Gasteiger partial charge in [0.25, 0.3) is 5.91 Å². The number of fused-ring (bicyclic) bond motifs is 1. The minimum absolute atomic E-state index is 0.175. The predicted octanol–water partition coefficient (Wildman–Crippen LogP) is 3.55. The van der Waals surface area contributed by atoms with Crippen molar-refractivity contribution in [1.82, 2.24) is 5.32 Å². The molecule has 3 rings (SSSR count). The number of ether oxygens (including phenoxy) is 2. The number of aliphatic hydroxyl groups excluding tert-OH is 1. The van der Waals surface area contributed by atoms with Gasteiger partial charge in [-0.2, -0.15) is 0 Å². The van der Waals surface area contributed by atoms with Gasteiger partial charge in [0, 0.05) is 30.4 Å². The fourth-order valence-corrected chi connectivity index (χ4v) is 3.62. The number of para-hydroxylation sites is 2. The lowest BCUT2D eigenvalue weighted by molar-refractivity contribution is 0.0946. The number of amides is 1. The molecule has 6 heteroatoms. The minimum atomic E-state index is -0.549. The van der Waals surface area contributed by atoms with Crippen LogP contribution in [0.1, 0.15) is 47.7 Å². The molecular formula is C23H30N2O4. The van der Waals surface area contributed by atoms with Crippen molar-refractivity contribution in [2.75, 3.05) is 38.8 Å². The van der Waals surface area contributed by atoms with Crippen LogP contribution >= 0.6 is 0 Å². The molecule has 0 aromatic heterocycles. The molecule has 0 radical (unpaired) electrons. The maximum atomic E-state index is 12.6. The number of methoxy groups -OCH3 is 1. The Bertz CT molecular complexity index is 824. The summed E-state index contributed by atoms with van der Waals surface area (Å²) in [5, 5.41) is 13.5. The van der Waals surface area contributed by atoms with Crippen molar-refractivity contribution >= 4 is 11.6 Å². The van der Waals surface area contributed by atoms with E-state index in [1.54, 1.807) is 7.11 Å². The number of nitrogens with one attached hydrogen (secondary N) is 1. The van der Waals surface area contributed by atoms with E-state index in [1.807, 2.05) is 49.5 Å². The summed E-state index contributed by atoms with van der Waals surface area (Å²) in [5.41, 5.74) is 2.37. The van der Waals surface area contributed by atoms with Crippen molar-refractivity contribution in [2.45, 2.75) is 31.8 Å². The van der Waals surface area contributed by atoms with Crippen molar-refractivity contribution < 1.29 is 19.4 Å². The Morgan fingerprint density at radius 1 is 1.17 bits per heavy atom. The molecule has 1 aliphatic rings. The number of rotatable bonds is 6. The van der Waals surface area contributed by atoms with E-state index in [2.05, 4.69) is 10.2 Å². The molecule has 2 N–H and O–H groups in total. The van der Waals surface area contributed by atoms with Crippen LogP contribution in [0.5, 0.6) is 11.5 Å².